The number of nitrogens with two attached hydrogens (primary N) is 1. The number of nitrogens with zero attached hydrogens (tertiary/aromatic N) is 3. The molecule has 0 radical (unpaired) electrons. The Kier molecular flexibility index (Phi) is 6.24. The lowest BCUT2D eigenvalue weighted by atomic mass is 10.1. The third kappa shape index (κ3) is 4.64. The van der Waals surface area contributed by atoms with Crippen molar-refractivity contribution >= 4 is 27.4 Å². The number of hydrogen-bond donors (Lipinski definition) is 2. The minimum absolute atomic E-state index is 0.148. The maximum Gasteiger partial charge on any atom is 0.165 e. The molecule has 8 heteroatoms. The van der Waals surface area contributed by atoms with Gasteiger partial charge in [0.25, 0.3) is 0 Å². The lowest BCUT2D eigenvalue weighted by Gasteiger charge is -2.15. The Morgan fingerprint density at radius 2 is 1.74 bits per heavy atom. The Bertz CT molecular complexity index is 1420. The van der Waals surface area contributed by atoms with Gasteiger partial charge in [-0.15, -0.1) is 11.3 Å². The SMILES string of the molecule is NC(CNc1nc(-c2ccncc2F)nc2c(-c3ccc(F)cc3)csc12)Cc1ccccc1. The lowest BCUT2D eigenvalue weighted by molar-refractivity contribution is 0.623. The van der Waals surface area contributed by atoms with Crippen LogP contribution in [0.5, 0.6) is 0 Å². The molecule has 5 nitrogen and oxygen atoms in total. The maximum atomic E-state index is 14.5. The number of fused-ring (bicyclic) bond motifs is 1. The van der Waals surface area contributed by atoms with Crippen molar-refractivity contribution < 1.29 is 8.78 Å². The average molecular weight is 474 g/mol. The number of thiophene rings is 1. The van der Waals surface area contributed by atoms with Crippen molar-refractivity contribution in [3.05, 3.63) is 95.6 Å². The van der Waals surface area contributed by atoms with Crippen molar-refractivity contribution in [2.75, 3.05) is 11.9 Å². The molecule has 5 aromatic rings. The van der Waals surface area contributed by atoms with Gasteiger partial charge >= 0.3 is 0 Å². The molecule has 0 amide bonds. The molecule has 34 heavy (non-hydrogen) atoms. The van der Waals surface area contributed by atoms with Gasteiger partial charge in [-0.1, -0.05) is 42.5 Å². The predicted molar refractivity (Wildman–Crippen MR) is 133 cm³/mol. The van der Waals surface area contributed by atoms with Gasteiger partial charge in [0.1, 0.15) is 11.6 Å². The summed E-state index contributed by atoms with van der Waals surface area (Å²) < 4.78 is 28.8. The number of anilines is 1. The van der Waals surface area contributed by atoms with Crippen LogP contribution in [-0.4, -0.2) is 27.5 Å². The van der Waals surface area contributed by atoms with Crippen molar-refractivity contribution in [2.24, 2.45) is 5.73 Å². The summed E-state index contributed by atoms with van der Waals surface area (Å²) in [4.78, 5) is 13.1. The van der Waals surface area contributed by atoms with Crippen LogP contribution < -0.4 is 11.1 Å². The van der Waals surface area contributed by atoms with Crippen molar-refractivity contribution in [1.29, 1.82) is 0 Å². The number of pyridine rings is 1. The number of rotatable bonds is 7. The van der Waals surface area contributed by atoms with Crippen LogP contribution in [0.2, 0.25) is 0 Å². The van der Waals surface area contributed by atoms with Gasteiger partial charge in [0.2, 0.25) is 0 Å². The first-order chi connectivity index (χ1) is 16.6. The maximum absolute atomic E-state index is 14.5. The van der Waals surface area contributed by atoms with E-state index in [9.17, 15) is 8.78 Å². The van der Waals surface area contributed by atoms with Crippen LogP contribution in [0.15, 0.2) is 78.4 Å². The Morgan fingerprint density at radius 3 is 2.50 bits per heavy atom. The highest BCUT2D eigenvalue weighted by Gasteiger charge is 2.18. The third-order valence-corrected chi connectivity index (χ3v) is 6.43. The van der Waals surface area contributed by atoms with E-state index in [4.69, 9.17) is 5.73 Å². The molecular weight excluding hydrogens is 452 g/mol. The van der Waals surface area contributed by atoms with Crippen molar-refractivity contribution in [2.45, 2.75) is 12.5 Å². The molecule has 2 aromatic carbocycles. The molecule has 3 aromatic heterocycles. The summed E-state index contributed by atoms with van der Waals surface area (Å²) in [7, 11) is 0. The van der Waals surface area contributed by atoms with E-state index in [2.05, 4.69) is 20.3 Å². The van der Waals surface area contributed by atoms with Crippen molar-refractivity contribution in [3.8, 4) is 22.5 Å². The number of benzene rings is 2. The van der Waals surface area contributed by atoms with E-state index in [-0.39, 0.29) is 23.2 Å². The van der Waals surface area contributed by atoms with Crippen molar-refractivity contribution in [1.82, 2.24) is 15.0 Å². The second-order valence-electron chi connectivity index (χ2n) is 7.92. The van der Waals surface area contributed by atoms with E-state index in [0.29, 0.717) is 24.3 Å². The molecule has 0 saturated carbocycles. The lowest BCUT2D eigenvalue weighted by Crippen LogP contribution is -2.31. The van der Waals surface area contributed by atoms with E-state index in [1.54, 1.807) is 18.2 Å². The quantitative estimate of drug-likeness (QED) is 0.318. The summed E-state index contributed by atoms with van der Waals surface area (Å²) in [5.74, 6) is 0.00531. The molecule has 1 unspecified atom stereocenters. The van der Waals surface area contributed by atoms with E-state index in [1.807, 2.05) is 35.7 Å². The highest BCUT2D eigenvalue weighted by Crippen LogP contribution is 2.37. The van der Waals surface area contributed by atoms with Gasteiger partial charge in [0.15, 0.2) is 11.6 Å². The molecule has 0 aliphatic heterocycles. The number of aromatic nitrogens is 3. The fraction of sp³-hybridized carbons (Fsp3) is 0.115. The first-order valence-corrected chi connectivity index (χ1v) is 11.6. The van der Waals surface area contributed by atoms with Crippen LogP contribution in [0.1, 0.15) is 5.56 Å². The number of hydrogen-bond acceptors (Lipinski definition) is 6. The highest BCUT2D eigenvalue weighted by atomic mass is 32.1. The fourth-order valence-corrected chi connectivity index (χ4v) is 4.75. The molecule has 5 rings (SSSR count). The van der Waals surface area contributed by atoms with Gasteiger partial charge in [-0.2, -0.15) is 0 Å². The smallest absolute Gasteiger partial charge is 0.165 e. The van der Waals surface area contributed by atoms with Crippen LogP contribution in [0.3, 0.4) is 0 Å². The van der Waals surface area contributed by atoms with Crippen LogP contribution in [0, 0.1) is 11.6 Å². The first kappa shape index (κ1) is 22.1. The summed E-state index contributed by atoms with van der Waals surface area (Å²) in [5, 5.41) is 5.30. The zero-order chi connectivity index (χ0) is 23.5. The van der Waals surface area contributed by atoms with E-state index in [0.717, 1.165) is 27.6 Å². The zero-order valence-electron chi connectivity index (χ0n) is 18.1. The van der Waals surface area contributed by atoms with Gasteiger partial charge in [-0.25, -0.2) is 18.7 Å². The van der Waals surface area contributed by atoms with Gasteiger partial charge in [-0.3, -0.25) is 4.98 Å². The summed E-state index contributed by atoms with van der Waals surface area (Å²) in [6, 6.07) is 17.7. The van der Waals surface area contributed by atoms with E-state index < -0.39 is 5.82 Å². The molecule has 3 N–H and O–H groups in total. The minimum atomic E-state index is -0.507. The molecular formula is C26H21F2N5S. The molecule has 0 saturated heterocycles. The zero-order valence-corrected chi connectivity index (χ0v) is 18.9. The minimum Gasteiger partial charge on any atom is -0.367 e. The number of halogens is 2. The molecule has 170 valence electrons. The Labute approximate surface area is 199 Å². The standard InChI is InChI=1S/C26H21F2N5S/c27-18-8-6-17(7-9-18)21-15-34-24-23(21)32-25(20-10-11-30-14-22(20)28)33-26(24)31-13-19(29)12-16-4-2-1-3-5-16/h1-11,14-15,19H,12-13,29H2,(H,31,32,33). The van der Waals surface area contributed by atoms with Gasteiger partial charge < -0.3 is 11.1 Å². The molecule has 0 bridgehead atoms. The summed E-state index contributed by atoms with van der Waals surface area (Å²) in [5.41, 5.74) is 10.1. The summed E-state index contributed by atoms with van der Waals surface area (Å²) in [6.07, 6.45) is 3.35. The monoisotopic (exact) mass is 473 g/mol. The van der Waals surface area contributed by atoms with E-state index in [1.165, 1.54) is 29.7 Å². The van der Waals surface area contributed by atoms with Crippen molar-refractivity contribution in [3.63, 3.8) is 0 Å². The van der Waals surface area contributed by atoms with Crippen LogP contribution >= 0.6 is 11.3 Å². The molecule has 1 atom stereocenters. The van der Waals surface area contributed by atoms with Crippen LogP contribution in [-0.2, 0) is 6.42 Å². The summed E-state index contributed by atoms with van der Waals surface area (Å²) >= 11 is 1.48. The largest absolute Gasteiger partial charge is 0.367 e. The Balaban J connectivity index is 1.53. The van der Waals surface area contributed by atoms with Crippen LogP contribution in [0.4, 0.5) is 14.6 Å². The predicted octanol–water partition coefficient (Wildman–Crippen LogP) is 5.68. The van der Waals surface area contributed by atoms with Gasteiger partial charge in [-0.05, 0) is 35.7 Å². The second kappa shape index (κ2) is 9.62. The molecule has 0 aliphatic carbocycles. The Morgan fingerprint density at radius 1 is 0.941 bits per heavy atom. The molecule has 0 aliphatic rings. The first-order valence-electron chi connectivity index (χ1n) is 10.8. The third-order valence-electron chi connectivity index (χ3n) is 5.46. The topological polar surface area (TPSA) is 76.7 Å². The Hall–Kier alpha value is -3.75. The average Bonchev–Trinajstić information content (AvgIpc) is 3.28. The molecule has 3 heterocycles. The normalized spacial score (nSPS) is 12.1. The second-order valence-corrected chi connectivity index (χ2v) is 8.80. The summed E-state index contributed by atoms with van der Waals surface area (Å²) in [6.45, 7) is 0.475. The molecule has 0 fully saturated rings. The van der Waals surface area contributed by atoms with Crippen LogP contribution in [0.25, 0.3) is 32.7 Å². The van der Waals surface area contributed by atoms with Gasteiger partial charge in [0, 0.05) is 29.7 Å². The highest BCUT2D eigenvalue weighted by molar-refractivity contribution is 7.18. The van der Waals surface area contributed by atoms with Gasteiger partial charge in [0.05, 0.1) is 22.0 Å². The fourth-order valence-electron chi connectivity index (χ4n) is 3.77. The van der Waals surface area contributed by atoms with E-state index >= 15 is 0 Å². The molecule has 0 spiro atoms. The number of nitrogens with one attached hydrogen (secondary N) is 1.